The molecule has 0 spiro atoms. The van der Waals surface area contributed by atoms with Crippen LogP contribution >= 0.6 is 0 Å². The summed E-state index contributed by atoms with van der Waals surface area (Å²) in [5.41, 5.74) is -0.464. The van der Waals surface area contributed by atoms with E-state index < -0.39 is 23.3 Å². The van der Waals surface area contributed by atoms with Crippen LogP contribution in [0.15, 0.2) is 36.4 Å². The predicted octanol–water partition coefficient (Wildman–Crippen LogP) is 1.56. The molecule has 112 valence electrons. The number of benzene rings is 2. The van der Waals surface area contributed by atoms with E-state index in [9.17, 15) is 24.6 Å². The number of phenolic OH excluding ortho intramolecular Hbond substituents is 2. The van der Waals surface area contributed by atoms with E-state index in [0.717, 1.165) is 24.3 Å². The van der Waals surface area contributed by atoms with E-state index in [1.54, 1.807) is 0 Å². The summed E-state index contributed by atoms with van der Waals surface area (Å²) in [4.78, 5) is 33.2. The molecule has 2 rings (SSSR count). The molecule has 0 fully saturated rings. The number of rotatable bonds is 5. The quantitative estimate of drug-likeness (QED) is 0.566. The molecule has 0 atom stereocenters. The number of carbonyl (C=O) groups excluding carboxylic acids is 2. The van der Waals surface area contributed by atoms with Gasteiger partial charge in [-0.1, -0.05) is 0 Å². The van der Waals surface area contributed by atoms with Crippen LogP contribution in [0, 0.1) is 0 Å². The standard InChI is InChI=1S/C15H10O7/c16-7-22-9-2-4-11(13(18)6-9)14(19)10-3-1-8(15(20)21)5-12(10)17/h1-7,17-18H,(H,20,21). The van der Waals surface area contributed by atoms with E-state index in [-0.39, 0.29) is 28.9 Å². The summed E-state index contributed by atoms with van der Waals surface area (Å²) in [5.74, 6) is -2.85. The largest absolute Gasteiger partial charge is 0.507 e. The highest BCUT2D eigenvalue weighted by atomic mass is 16.5. The summed E-state index contributed by atoms with van der Waals surface area (Å²) in [6, 6.07) is 6.85. The molecule has 0 heterocycles. The van der Waals surface area contributed by atoms with Crippen LogP contribution in [0.3, 0.4) is 0 Å². The summed E-state index contributed by atoms with van der Waals surface area (Å²) < 4.78 is 4.53. The van der Waals surface area contributed by atoms with E-state index in [2.05, 4.69) is 4.74 Å². The molecule has 0 radical (unpaired) electrons. The zero-order chi connectivity index (χ0) is 16.3. The Hall–Kier alpha value is -3.35. The van der Waals surface area contributed by atoms with Crippen molar-refractivity contribution in [3.63, 3.8) is 0 Å². The zero-order valence-electron chi connectivity index (χ0n) is 11.0. The Morgan fingerprint density at radius 3 is 2.05 bits per heavy atom. The molecule has 0 aromatic heterocycles. The lowest BCUT2D eigenvalue weighted by molar-refractivity contribution is -0.120. The maximum absolute atomic E-state index is 12.3. The van der Waals surface area contributed by atoms with Gasteiger partial charge in [0.1, 0.15) is 17.2 Å². The average molecular weight is 302 g/mol. The Labute approximate surface area is 124 Å². The Bertz CT molecular complexity index is 764. The molecule has 0 aliphatic heterocycles. The lowest BCUT2D eigenvalue weighted by atomic mass is 10.00. The van der Waals surface area contributed by atoms with E-state index in [1.807, 2.05) is 0 Å². The number of carboxylic acid groups (broad SMARTS) is 1. The predicted molar refractivity (Wildman–Crippen MR) is 73.3 cm³/mol. The van der Waals surface area contributed by atoms with Gasteiger partial charge in [0.25, 0.3) is 6.47 Å². The van der Waals surface area contributed by atoms with Crippen LogP contribution in [0.2, 0.25) is 0 Å². The van der Waals surface area contributed by atoms with Crippen LogP contribution in [0.4, 0.5) is 0 Å². The maximum Gasteiger partial charge on any atom is 0.335 e. The van der Waals surface area contributed by atoms with Crippen LogP contribution in [0.25, 0.3) is 0 Å². The number of carbonyl (C=O) groups is 3. The van der Waals surface area contributed by atoms with E-state index in [0.29, 0.717) is 0 Å². The number of hydrogen-bond acceptors (Lipinski definition) is 6. The van der Waals surface area contributed by atoms with E-state index >= 15 is 0 Å². The number of carboxylic acids is 1. The van der Waals surface area contributed by atoms with Gasteiger partial charge in [0.05, 0.1) is 16.7 Å². The first-order valence-electron chi connectivity index (χ1n) is 5.98. The summed E-state index contributed by atoms with van der Waals surface area (Å²) >= 11 is 0. The molecule has 0 saturated heterocycles. The van der Waals surface area contributed by atoms with Crippen LogP contribution < -0.4 is 4.74 Å². The van der Waals surface area contributed by atoms with Gasteiger partial charge in [0.2, 0.25) is 0 Å². The highest BCUT2D eigenvalue weighted by Gasteiger charge is 2.19. The van der Waals surface area contributed by atoms with Crippen LogP contribution in [-0.2, 0) is 4.79 Å². The fraction of sp³-hybridized carbons (Fsp3) is 0. The monoisotopic (exact) mass is 302 g/mol. The minimum absolute atomic E-state index is 0.0505. The van der Waals surface area contributed by atoms with Crippen molar-refractivity contribution in [2.75, 3.05) is 0 Å². The fourth-order valence-corrected chi connectivity index (χ4v) is 1.83. The highest BCUT2D eigenvalue weighted by Crippen LogP contribution is 2.29. The average Bonchev–Trinajstić information content (AvgIpc) is 2.47. The summed E-state index contributed by atoms with van der Waals surface area (Å²) in [6.07, 6.45) is 0. The first-order valence-corrected chi connectivity index (χ1v) is 5.98. The third-order valence-corrected chi connectivity index (χ3v) is 2.89. The van der Waals surface area contributed by atoms with Gasteiger partial charge < -0.3 is 20.1 Å². The molecule has 0 saturated carbocycles. The molecule has 0 bridgehead atoms. The van der Waals surface area contributed by atoms with Crippen LogP contribution in [0.1, 0.15) is 26.3 Å². The van der Waals surface area contributed by atoms with Crippen molar-refractivity contribution in [2.45, 2.75) is 0 Å². The third-order valence-electron chi connectivity index (χ3n) is 2.89. The van der Waals surface area contributed by atoms with Gasteiger partial charge in [-0.15, -0.1) is 0 Å². The minimum atomic E-state index is -1.24. The van der Waals surface area contributed by atoms with Crippen LogP contribution in [0.5, 0.6) is 17.2 Å². The first kappa shape index (κ1) is 15.0. The molecule has 2 aromatic rings. The van der Waals surface area contributed by atoms with E-state index in [1.165, 1.54) is 12.1 Å². The fourth-order valence-electron chi connectivity index (χ4n) is 1.83. The number of hydrogen-bond donors (Lipinski definition) is 3. The van der Waals surface area contributed by atoms with Gasteiger partial charge in [-0.05, 0) is 30.3 Å². The number of ketones is 1. The summed E-state index contributed by atoms with van der Waals surface area (Å²) in [6.45, 7) is 0.173. The number of phenols is 2. The van der Waals surface area contributed by atoms with Gasteiger partial charge in [-0.25, -0.2) is 4.79 Å². The minimum Gasteiger partial charge on any atom is -0.507 e. The lowest BCUT2D eigenvalue weighted by Crippen LogP contribution is -2.04. The molecule has 7 nitrogen and oxygen atoms in total. The lowest BCUT2D eigenvalue weighted by Gasteiger charge is -2.07. The number of ether oxygens (including phenoxy) is 1. The zero-order valence-corrected chi connectivity index (χ0v) is 11.0. The Kier molecular flexibility index (Phi) is 4.08. The van der Waals surface area contributed by atoms with Crippen molar-refractivity contribution in [2.24, 2.45) is 0 Å². The Balaban J connectivity index is 2.40. The molecule has 0 unspecified atom stereocenters. The second-order valence-electron chi connectivity index (χ2n) is 4.26. The van der Waals surface area contributed by atoms with E-state index in [4.69, 9.17) is 5.11 Å². The molecule has 2 aromatic carbocycles. The van der Waals surface area contributed by atoms with Crippen molar-refractivity contribution < 1.29 is 34.4 Å². The summed E-state index contributed by atoms with van der Waals surface area (Å²) in [5, 5.41) is 28.4. The van der Waals surface area contributed by atoms with Gasteiger partial charge >= 0.3 is 5.97 Å². The number of aromatic hydroxyl groups is 2. The van der Waals surface area contributed by atoms with Crippen molar-refractivity contribution in [3.05, 3.63) is 53.1 Å². The number of aromatic carboxylic acids is 1. The summed E-state index contributed by atoms with van der Waals surface area (Å²) in [7, 11) is 0. The van der Waals surface area contributed by atoms with Crippen molar-refractivity contribution in [1.82, 2.24) is 0 Å². The molecule has 22 heavy (non-hydrogen) atoms. The van der Waals surface area contributed by atoms with Crippen molar-refractivity contribution >= 4 is 18.2 Å². The third kappa shape index (κ3) is 2.88. The normalized spacial score (nSPS) is 10.0. The Morgan fingerprint density at radius 1 is 0.955 bits per heavy atom. The Morgan fingerprint density at radius 2 is 1.55 bits per heavy atom. The molecule has 0 aliphatic rings. The molecule has 3 N–H and O–H groups in total. The SMILES string of the molecule is O=COc1ccc(C(=O)c2ccc(C(=O)O)cc2O)c(O)c1. The molecular formula is C15H10O7. The van der Waals surface area contributed by atoms with Crippen molar-refractivity contribution in [3.8, 4) is 17.2 Å². The first-order chi connectivity index (χ1) is 10.4. The van der Waals surface area contributed by atoms with Gasteiger partial charge in [0, 0.05) is 6.07 Å². The molecule has 0 aliphatic carbocycles. The highest BCUT2D eigenvalue weighted by molar-refractivity contribution is 6.12. The van der Waals surface area contributed by atoms with Crippen LogP contribution in [-0.4, -0.2) is 33.5 Å². The molecular weight excluding hydrogens is 292 g/mol. The van der Waals surface area contributed by atoms with Gasteiger partial charge in [0.15, 0.2) is 5.78 Å². The smallest absolute Gasteiger partial charge is 0.335 e. The van der Waals surface area contributed by atoms with Crippen molar-refractivity contribution in [1.29, 1.82) is 0 Å². The second kappa shape index (κ2) is 5.96. The van der Waals surface area contributed by atoms with Gasteiger partial charge in [-0.2, -0.15) is 0 Å². The van der Waals surface area contributed by atoms with Gasteiger partial charge in [-0.3, -0.25) is 9.59 Å². The second-order valence-corrected chi connectivity index (χ2v) is 4.26. The molecule has 7 heteroatoms. The maximum atomic E-state index is 12.3. The topological polar surface area (TPSA) is 121 Å². The molecule has 0 amide bonds.